The second-order valence-corrected chi connectivity index (χ2v) is 5.84. The molecule has 0 N–H and O–H groups in total. The van der Waals surface area contributed by atoms with E-state index in [0.717, 1.165) is 16.9 Å². The molecule has 6 heteroatoms. The molecule has 2 aromatic carbocycles. The van der Waals surface area contributed by atoms with E-state index in [0.29, 0.717) is 11.3 Å². The number of aryl methyl sites for hydroxylation is 1. The molecule has 0 fully saturated rings. The highest BCUT2D eigenvalue weighted by Gasteiger charge is 2.17. The van der Waals surface area contributed by atoms with Crippen LogP contribution in [0.4, 0.5) is 5.69 Å². The van der Waals surface area contributed by atoms with Crippen LogP contribution in [0.1, 0.15) is 27.3 Å². The summed E-state index contributed by atoms with van der Waals surface area (Å²) >= 11 is 0. The lowest BCUT2D eigenvalue weighted by molar-refractivity contribution is -0.384. The van der Waals surface area contributed by atoms with E-state index >= 15 is 0 Å². The van der Waals surface area contributed by atoms with Crippen molar-refractivity contribution in [3.8, 4) is 5.69 Å². The molecule has 0 saturated carbocycles. The van der Waals surface area contributed by atoms with Gasteiger partial charge in [0.2, 0.25) is 0 Å². The smallest absolute Gasteiger partial charge is 0.269 e. The van der Waals surface area contributed by atoms with Crippen molar-refractivity contribution < 1.29 is 9.72 Å². The molecule has 0 spiro atoms. The third-order valence-electron chi connectivity index (χ3n) is 4.07. The van der Waals surface area contributed by atoms with Crippen LogP contribution in [0, 0.1) is 24.0 Å². The normalized spacial score (nSPS) is 11.0. The van der Waals surface area contributed by atoms with E-state index < -0.39 is 4.92 Å². The van der Waals surface area contributed by atoms with Gasteiger partial charge in [-0.2, -0.15) is 5.10 Å². The predicted molar refractivity (Wildman–Crippen MR) is 99.5 cm³/mol. The van der Waals surface area contributed by atoms with Gasteiger partial charge in [-0.3, -0.25) is 14.9 Å². The molecule has 0 aliphatic carbocycles. The van der Waals surface area contributed by atoms with Crippen LogP contribution in [0.2, 0.25) is 0 Å². The Morgan fingerprint density at radius 2 is 1.73 bits per heavy atom. The zero-order chi connectivity index (χ0) is 18.7. The lowest BCUT2D eigenvalue weighted by atomic mass is 10.1. The van der Waals surface area contributed by atoms with Crippen LogP contribution >= 0.6 is 0 Å². The molecule has 0 amide bonds. The first-order chi connectivity index (χ1) is 12.5. The van der Waals surface area contributed by atoms with Gasteiger partial charge in [-0.25, -0.2) is 4.68 Å². The lowest BCUT2D eigenvalue weighted by Crippen LogP contribution is -2.01. The van der Waals surface area contributed by atoms with Crippen molar-refractivity contribution in [2.24, 2.45) is 0 Å². The fourth-order valence-electron chi connectivity index (χ4n) is 2.78. The number of carbonyl (C=O) groups excluding carboxylic acids is 1. The van der Waals surface area contributed by atoms with Gasteiger partial charge >= 0.3 is 0 Å². The average Bonchev–Trinajstić information content (AvgIpc) is 2.95. The first-order valence-corrected chi connectivity index (χ1v) is 8.06. The Morgan fingerprint density at radius 1 is 1.08 bits per heavy atom. The molecule has 3 rings (SSSR count). The molecule has 0 unspecified atom stereocenters. The van der Waals surface area contributed by atoms with E-state index in [-0.39, 0.29) is 11.5 Å². The number of carbonyl (C=O) groups is 1. The van der Waals surface area contributed by atoms with Gasteiger partial charge in [0.1, 0.15) is 0 Å². The standard InChI is InChI=1S/C20H17N3O3/c1-14-20(15(2)22(21-14)17-6-4-3-5-7-17)19(24)13-10-16-8-11-18(12-9-16)23(25)26/h3-13H,1-2H3. The van der Waals surface area contributed by atoms with Gasteiger partial charge in [-0.15, -0.1) is 0 Å². The molecule has 0 radical (unpaired) electrons. The second kappa shape index (κ2) is 7.14. The number of allylic oxidation sites excluding steroid dienone is 1. The molecule has 0 aliphatic heterocycles. The summed E-state index contributed by atoms with van der Waals surface area (Å²) in [6, 6.07) is 15.7. The molecule has 3 aromatic rings. The highest BCUT2D eigenvalue weighted by Crippen LogP contribution is 2.19. The molecule has 1 heterocycles. The van der Waals surface area contributed by atoms with Crippen molar-refractivity contribution >= 4 is 17.5 Å². The molecule has 0 atom stereocenters. The summed E-state index contributed by atoms with van der Waals surface area (Å²) in [5.74, 6) is -0.152. The van der Waals surface area contributed by atoms with Gasteiger partial charge in [-0.05, 0) is 49.8 Å². The summed E-state index contributed by atoms with van der Waals surface area (Å²) in [7, 11) is 0. The molecule has 0 saturated heterocycles. The third-order valence-corrected chi connectivity index (χ3v) is 4.07. The van der Waals surface area contributed by atoms with Crippen LogP contribution in [0.3, 0.4) is 0 Å². The minimum Gasteiger partial charge on any atom is -0.289 e. The monoisotopic (exact) mass is 347 g/mol. The van der Waals surface area contributed by atoms with Crippen molar-refractivity contribution in [1.82, 2.24) is 9.78 Å². The van der Waals surface area contributed by atoms with E-state index in [9.17, 15) is 14.9 Å². The molecule has 130 valence electrons. The summed E-state index contributed by atoms with van der Waals surface area (Å²) in [6.45, 7) is 3.67. The van der Waals surface area contributed by atoms with E-state index in [1.807, 2.05) is 37.3 Å². The Morgan fingerprint density at radius 3 is 2.35 bits per heavy atom. The third kappa shape index (κ3) is 3.44. The van der Waals surface area contributed by atoms with Crippen molar-refractivity contribution in [3.05, 3.63) is 93.3 Å². The summed E-state index contributed by atoms with van der Waals surface area (Å²) in [4.78, 5) is 22.9. The van der Waals surface area contributed by atoms with Crippen LogP contribution < -0.4 is 0 Å². The molecular formula is C20H17N3O3. The second-order valence-electron chi connectivity index (χ2n) is 5.84. The number of rotatable bonds is 5. The van der Waals surface area contributed by atoms with Gasteiger partial charge in [0, 0.05) is 12.1 Å². The fraction of sp³-hybridized carbons (Fsp3) is 0.100. The largest absolute Gasteiger partial charge is 0.289 e. The van der Waals surface area contributed by atoms with Crippen LogP contribution in [-0.4, -0.2) is 20.5 Å². The van der Waals surface area contributed by atoms with Gasteiger partial charge < -0.3 is 0 Å². The Labute approximate surface area is 150 Å². The maximum atomic E-state index is 12.6. The summed E-state index contributed by atoms with van der Waals surface area (Å²) < 4.78 is 1.75. The molecule has 0 aliphatic rings. The highest BCUT2D eigenvalue weighted by atomic mass is 16.6. The molecule has 26 heavy (non-hydrogen) atoms. The first-order valence-electron chi connectivity index (χ1n) is 8.06. The number of aromatic nitrogens is 2. The Balaban J connectivity index is 1.86. The minimum atomic E-state index is -0.455. The Hall–Kier alpha value is -3.54. The number of para-hydroxylation sites is 1. The van der Waals surface area contributed by atoms with Gasteiger partial charge in [0.25, 0.3) is 5.69 Å². The van der Waals surface area contributed by atoms with Crippen LogP contribution in [0.5, 0.6) is 0 Å². The zero-order valence-corrected chi connectivity index (χ0v) is 14.4. The predicted octanol–water partition coefficient (Wildman–Crippen LogP) is 4.29. The number of nitro groups is 1. The van der Waals surface area contributed by atoms with Crippen molar-refractivity contribution in [2.45, 2.75) is 13.8 Å². The van der Waals surface area contributed by atoms with Crippen molar-refractivity contribution in [2.75, 3.05) is 0 Å². The maximum Gasteiger partial charge on any atom is 0.269 e. The topological polar surface area (TPSA) is 78.0 Å². The Bertz CT molecular complexity index is 987. The maximum absolute atomic E-state index is 12.6. The van der Waals surface area contributed by atoms with E-state index in [2.05, 4.69) is 5.10 Å². The summed E-state index contributed by atoms with van der Waals surface area (Å²) in [6.07, 6.45) is 3.11. The lowest BCUT2D eigenvalue weighted by Gasteiger charge is -2.04. The van der Waals surface area contributed by atoms with Crippen LogP contribution in [0.25, 0.3) is 11.8 Å². The number of non-ortho nitro benzene ring substituents is 1. The number of nitro benzene ring substituents is 1. The SMILES string of the molecule is Cc1nn(-c2ccccc2)c(C)c1C(=O)C=Cc1ccc([N+](=O)[O-])cc1. The van der Waals surface area contributed by atoms with Crippen molar-refractivity contribution in [3.63, 3.8) is 0 Å². The van der Waals surface area contributed by atoms with E-state index in [1.54, 1.807) is 29.8 Å². The van der Waals surface area contributed by atoms with Gasteiger partial charge in [0.15, 0.2) is 5.78 Å². The van der Waals surface area contributed by atoms with E-state index in [1.165, 1.54) is 18.2 Å². The molecular weight excluding hydrogens is 330 g/mol. The first kappa shape index (κ1) is 17.3. The number of ketones is 1. The molecule has 0 bridgehead atoms. The molecule has 6 nitrogen and oxygen atoms in total. The summed E-state index contributed by atoms with van der Waals surface area (Å²) in [5.41, 5.74) is 3.62. The van der Waals surface area contributed by atoms with Gasteiger partial charge in [0.05, 0.1) is 27.6 Å². The van der Waals surface area contributed by atoms with Crippen LogP contribution in [-0.2, 0) is 0 Å². The van der Waals surface area contributed by atoms with Crippen LogP contribution in [0.15, 0.2) is 60.7 Å². The quantitative estimate of drug-likeness (QED) is 0.298. The number of hydrogen-bond donors (Lipinski definition) is 0. The van der Waals surface area contributed by atoms with E-state index in [4.69, 9.17) is 0 Å². The number of nitrogens with zero attached hydrogens (tertiary/aromatic N) is 3. The Kier molecular flexibility index (Phi) is 4.75. The highest BCUT2D eigenvalue weighted by molar-refractivity contribution is 6.08. The van der Waals surface area contributed by atoms with Gasteiger partial charge in [-0.1, -0.05) is 24.3 Å². The fourth-order valence-corrected chi connectivity index (χ4v) is 2.78. The number of hydrogen-bond acceptors (Lipinski definition) is 4. The van der Waals surface area contributed by atoms with Crippen molar-refractivity contribution in [1.29, 1.82) is 0 Å². The average molecular weight is 347 g/mol. The summed E-state index contributed by atoms with van der Waals surface area (Å²) in [5, 5.41) is 15.2. The minimum absolute atomic E-state index is 0.0179. The number of benzene rings is 2. The molecule has 1 aromatic heterocycles. The zero-order valence-electron chi connectivity index (χ0n) is 14.4.